The summed E-state index contributed by atoms with van der Waals surface area (Å²) >= 11 is 3.58. The molecule has 0 aromatic heterocycles. The first-order chi connectivity index (χ1) is 8.63. The second kappa shape index (κ2) is 6.15. The Morgan fingerprint density at radius 1 is 1.28 bits per heavy atom. The van der Waals surface area contributed by atoms with Crippen LogP contribution in [-0.2, 0) is 6.42 Å². The first-order valence-corrected chi connectivity index (χ1v) is 7.30. The quantitative estimate of drug-likeness (QED) is 0.891. The highest BCUT2D eigenvalue weighted by Gasteiger charge is 2.30. The number of rotatable bonds is 4. The van der Waals surface area contributed by atoms with Gasteiger partial charge in [0.05, 0.1) is 5.60 Å². The van der Waals surface area contributed by atoms with E-state index < -0.39 is 5.60 Å². The van der Waals surface area contributed by atoms with E-state index in [1.807, 2.05) is 6.07 Å². The molecule has 1 aliphatic rings. The second-order valence-electron chi connectivity index (χ2n) is 5.11. The van der Waals surface area contributed by atoms with Crippen molar-refractivity contribution in [3.05, 3.63) is 34.3 Å². The zero-order chi connectivity index (χ0) is 13.0. The van der Waals surface area contributed by atoms with Crippen molar-refractivity contribution in [1.82, 2.24) is 4.90 Å². The van der Waals surface area contributed by atoms with Crippen LogP contribution < -0.4 is 5.73 Å². The van der Waals surface area contributed by atoms with Crippen LogP contribution in [0.15, 0.2) is 28.7 Å². The molecule has 1 aromatic carbocycles. The van der Waals surface area contributed by atoms with Crippen LogP contribution in [0.25, 0.3) is 0 Å². The highest BCUT2D eigenvalue weighted by Crippen LogP contribution is 2.22. The fourth-order valence-electron chi connectivity index (χ4n) is 2.38. The molecule has 0 spiro atoms. The molecule has 0 bridgehead atoms. The summed E-state index contributed by atoms with van der Waals surface area (Å²) in [6.45, 7) is 3.31. The molecule has 0 unspecified atom stereocenters. The molecule has 3 N–H and O–H groups in total. The lowest BCUT2D eigenvalue weighted by Gasteiger charge is -2.37. The lowest BCUT2D eigenvalue weighted by Crippen LogP contribution is -2.49. The molecule has 1 aromatic rings. The number of benzene rings is 1. The Balaban J connectivity index is 1.81. The van der Waals surface area contributed by atoms with Gasteiger partial charge in [0.15, 0.2) is 0 Å². The largest absolute Gasteiger partial charge is 0.388 e. The third kappa shape index (κ3) is 3.54. The summed E-state index contributed by atoms with van der Waals surface area (Å²) in [6, 6.07) is 8.35. The van der Waals surface area contributed by atoms with Crippen molar-refractivity contribution in [1.29, 1.82) is 0 Å². The van der Waals surface area contributed by atoms with Crippen molar-refractivity contribution in [3.8, 4) is 0 Å². The van der Waals surface area contributed by atoms with Gasteiger partial charge in [-0.1, -0.05) is 34.1 Å². The smallest absolute Gasteiger partial charge is 0.0793 e. The summed E-state index contributed by atoms with van der Waals surface area (Å²) in [5.74, 6) is 0. The van der Waals surface area contributed by atoms with Gasteiger partial charge >= 0.3 is 0 Å². The van der Waals surface area contributed by atoms with E-state index in [9.17, 15) is 5.11 Å². The normalized spacial score (nSPS) is 19.9. The molecule has 0 atom stereocenters. The van der Waals surface area contributed by atoms with Gasteiger partial charge in [-0.25, -0.2) is 0 Å². The minimum Gasteiger partial charge on any atom is -0.388 e. The van der Waals surface area contributed by atoms with Crippen LogP contribution in [-0.4, -0.2) is 41.8 Å². The van der Waals surface area contributed by atoms with Crippen LogP contribution in [0.4, 0.5) is 0 Å². The first kappa shape index (κ1) is 14.0. The van der Waals surface area contributed by atoms with Crippen molar-refractivity contribution >= 4 is 15.9 Å². The summed E-state index contributed by atoms with van der Waals surface area (Å²) in [4.78, 5) is 2.41. The standard InChI is InChI=1S/C14H21BrN2O/c15-13-4-2-1-3-12(13)5-8-17-9-6-14(18,11-16)7-10-17/h1-4,18H,5-11,16H2. The lowest BCUT2D eigenvalue weighted by atomic mass is 9.91. The SMILES string of the molecule is NCC1(O)CCN(CCc2ccccc2Br)CC1. The molecule has 3 nitrogen and oxygen atoms in total. The van der Waals surface area contributed by atoms with Gasteiger partial charge in [-0.15, -0.1) is 0 Å². The van der Waals surface area contributed by atoms with Crippen LogP contribution in [0.1, 0.15) is 18.4 Å². The average molecular weight is 313 g/mol. The molecular formula is C14H21BrN2O. The molecule has 1 saturated heterocycles. The number of hydrogen-bond donors (Lipinski definition) is 2. The maximum absolute atomic E-state index is 10.1. The molecule has 0 saturated carbocycles. The summed E-state index contributed by atoms with van der Waals surface area (Å²) in [5.41, 5.74) is 6.32. The summed E-state index contributed by atoms with van der Waals surface area (Å²) in [5, 5.41) is 10.1. The van der Waals surface area contributed by atoms with Gasteiger partial charge in [-0.2, -0.15) is 0 Å². The molecule has 1 aliphatic heterocycles. The Bertz CT molecular complexity index is 389. The topological polar surface area (TPSA) is 49.5 Å². The Morgan fingerprint density at radius 3 is 2.56 bits per heavy atom. The molecule has 0 amide bonds. The molecule has 0 aliphatic carbocycles. The second-order valence-corrected chi connectivity index (χ2v) is 5.97. The molecule has 2 rings (SSSR count). The van der Waals surface area contributed by atoms with Crippen LogP contribution in [0, 0.1) is 0 Å². The molecule has 1 fully saturated rings. The number of nitrogens with zero attached hydrogens (tertiary/aromatic N) is 1. The Labute approximate surface area is 117 Å². The van der Waals surface area contributed by atoms with Gasteiger partial charge in [-0.3, -0.25) is 0 Å². The van der Waals surface area contributed by atoms with Gasteiger partial charge < -0.3 is 15.7 Å². The zero-order valence-electron chi connectivity index (χ0n) is 10.6. The molecule has 1 heterocycles. The number of hydrogen-bond acceptors (Lipinski definition) is 3. The predicted octanol–water partition coefficient (Wildman–Crippen LogP) is 1.78. The average Bonchev–Trinajstić information content (AvgIpc) is 2.40. The monoisotopic (exact) mass is 312 g/mol. The maximum atomic E-state index is 10.1. The van der Waals surface area contributed by atoms with Crippen molar-refractivity contribution in [2.45, 2.75) is 24.9 Å². The molecule has 0 radical (unpaired) electrons. The van der Waals surface area contributed by atoms with Crippen molar-refractivity contribution in [2.75, 3.05) is 26.2 Å². The fraction of sp³-hybridized carbons (Fsp3) is 0.571. The van der Waals surface area contributed by atoms with E-state index in [0.29, 0.717) is 6.54 Å². The number of halogens is 1. The summed E-state index contributed by atoms with van der Waals surface area (Å²) in [6.07, 6.45) is 2.63. The van der Waals surface area contributed by atoms with Gasteiger partial charge in [0.2, 0.25) is 0 Å². The molecule has 4 heteroatoms. The van der Waals surface area contributed by atoms with Gasteiger partial charge in [0, 0.05) is 30.7 Å². The maximum Gasteiger partial charge on any atom is 0.0793 e. The van der Waals surface area contributed by atoms with Crippen molar-refractivity contribution < 1.29 is 5.11 Å². The first-order valence-electron chi connectivity index (χ1n) is 6.51. The zero-order valence-corrected chi connectivity index (χ0v) is 12.2. The molecule has 100 valence electrons. The Hall–Kier alpha value is -0.420. The third-order valence-corrected chi connectivity index (χ3v) is 4.60. The minimum atomic E-state index is -0.621. The number of aliphatic hydroxyl groups is 1. The van der Waals surface area contributed by atoms with Crippen molar-refractivity contribution in [3.63, 3.8) is 0 Å². The lowest BCUT2D eigenvalue weighted by molar-refractivity contribution is -0.0130. The number of piperidine rings is 1. The Kier molecular flexibility index (Phi) is 4.78. The van der Waals surface area contributed by atoms with E-state index in [2.05, 4.69) is 39.0 Å². The van der Waals surface area contributed by atoms with E-state index in [1.54, 1.807) is 0 Å². The van der Waals surface area contributed by atoms with E-state index in [1.165, 1.54) is 10.0 Å². The van der Waals surface area contributed by atoms with Crippen LogP contribution in [0.2, 0.25) is 0 Å². The fourth-order valence-corrected chi connectivity index (χ4v) is 2.86. The van der Waals surface area contributed by atoms with E-state index in [-0.39, 0.29) is 0 Å². The van der Waals surface area contributed by atoms with Gasteiger partial charge in [0.25, 0.3) is 0 Å². The van der Waals surface area contributed by atoms with E-state index >= 15 is 0 Å². The highest BCUT2D eigenvalue weighted by molar-refractivity contribution is 9.10. The summed E-state index contributed by atoms with van der Waals surface area (Å²) < 4.78 is 1.18. The number of nitrogens with two attached hydrogens (primary N) is 1. The van der Waals surface area contributed by atoms with Gasteiger partial charge in [-0.05, 0) is 30.9 Å². The highest BCUT2D eigenvalue weighted by atomic mass is 79.9. The van der Waals surface area contributed by atoms with Crippen LogP contribution in [0.5, 0.6) is 0 Å². The van der Waals surface area contributed by atoms with Crippen LogP contribution in [0.3, 0.4) is 0 Å². The van der Waals surface area contributed by atoms with E-state index in [4.69, 9.17) is 5.73 Å². The summed E-state index contributed by atoms with van der Waals surface area (Å²) in [7, 11) is 0. The van der Waals surface area contributed by atoms with E-state index in [0.717, 1.165) is 38.9 Å². The third-order valence-electron chi connectivity index (χ3n) is 3.82. The van der Waals surface area contributed by atoms with Gasteiger partial charge in [0.1, 0.15) is 0 Å². The molecule has 18 heavy (non-hydrogen) atoms. The van der Waals surface area contributed by atoms with Crippen LogP contribution >= 0.6 is 15.9 Å². The predicted molar refractivity (Wildman–Crippen MR) is 77.5 cm³/mol. The molecular weight excluding hydrogens is 292 g/mol. The minimum absolute atomic E-state index is 0.380. The Morgan fingerprint density at radius 2 is 1.94 bits per heavy atom. The van der Waals surface area contributed by atoms with Crippen molar-refractivity contribution in [2.24, 2.45) is 5.73 Å². The number of likely N-dealkylation sites (tertiary alicyclic amines) is 1.